The molecule has 0 aliphatic carbocycles. The highest BCUT2D eigenvalue weighted by Crippen LogP contribution is 2.30. The maximum Gasteiger partial charge on any atom is 0.142 e. The smallest absolute Gasteiger partial charge is 0.142 e. The Hall–Kier alpha value is -1.64. The van der Waals surface area contributed by atoms with Crippen molar-refractivity contribution in [3.05, 3.63) is 36.7 Å². The van der Waals surface area contributed by atoms with Crippen LogP contribution in [0.25, 0.3) is 0 Å². The molecule has 0 unspecified atom stereocenters. The minimum Gasteiger partial charge on any atom is -0.492 e. The van der Waals surface area contributed by atoms with Gasteiger partial charge in [0.1, 0.15) is 5.75 Å². The largest absolute Gasteiger partial charge is 0.492 e. The number of benzene rings is 1. The van der Waals surface area contributed by atoms with Crippen LogP contribution < -0.4 is 9.64 Å². The van der Waals surface area contributed by atoms with E-state index in [9.17, 15) is 0 Å². The molecule has 3 nitrogen and oxygen atoms in total. The highest BCUT2D eigenvalue weighted by Gasteiger charge is 2.16. The summed E-state index contributed by atoms with van der Waals surface area (Å²) in [5.74, 6) is 0.956. The average molecular weight is 232 g/mol. The van der Waals surface area contributed by atoms with Crippen molar-refractivity contribution in [1.29, 1.82) is 0 Å². The minimum absolute atomic E-state index is 0.702. The molecule has 0 amide bonds. The Kier molecular flexibility index (Phi) is 3.91. The van der Waals surface area contributed by atoms with Gasteiger partial charge in [0.2, 0.25) is 0 Å². The Labute approximate surface area is 103 Å². The van der Waals surface area contributed by atoms with Crippen molar-refractivity contribution in [2.45, 2.75) is 20.3 Å². The summed E-state index contributed by atoms with van der Waals surface area (Å²) in [6.45, 7) is 6.93. The Balaban J connectivity index is 2.11. The summed E-state index contributed by atoms with van der Waals surface area (Å²) in [5, 5.41) is 0. The van der Waals surface area contributed by atoms with Crippen molar-refractivity contribution in [2.24, 2.45) is 0 Å². The second-order valence-electron chi connectivity index (χ2n) is 4.12. The lowest BCUT2D eigenvalue weighted by Gasteiger charge is -2.22. The molecule has 1 aromatic rings. The lowest BCUT2D eigenvalue weighted by atomic mass is 10.3. The average Bonchev–Trinajstić information content (AvgIpc) is 2.79. The van der Waals surface area contributed by atoms with Gasteiger partial charge >= 0.3 is 0 Å². The van der Waals surface area contributed by atoms with Gasteiger partial charge in [0, 0.05) is 18.9 Å². The Bertz CT molecular complexity index is 390. The Morgan fingerprint density at radius 3 is 2.76 bits per heavy atom. The molecule has 0 fully saturated rings. The molecule has 1 aliphatic heterocycles. The second-order valence-corrected chi connectivity index (χ2v) is 4.12. The number of anilines is 1. The van der Waals surface area contributed by atoms with E-state index in [1.54, 1.807) is 0 Å². The zero-order valence-corrected chi connectivity index (χ0v) is 10.6. The third kappa shape index (κ3) is 2.73. The van der Waals surface area contributed by atoms with E-state index in [4.69, 9.17) is 4.74 Å². The lowest BCUT2D eigenvalue weighted by molar-refractivity contribution is 0.339. The van der Waals surface area contributed by atoms with Crippen molar-refractivity contribution in [1.82, 2.24) is 4.90 Å². The summed E-state index contributed by atoms with van der Waals surface area (Å²) < 4.78 is 5.65. The number of nitrogens with zero attached hydrogens (tertiary/aromatic N) is 2. The molecule has 1 aromatic carbocycles. The number of rotatable bonds is 5. The van der Waals surface area contributed by atoms with Crippen LogP contribution in [0.3, 0.4) is 0 Å². The maximum atomic E-state index is 5.65. The van der Waals surface area contributed by atoms with Gasteiger partial charge in [-0.05, 0) is 25.5 Å². The van der Waals surface area contributed by atoms with E-state index in [2.05, 4.69) is 35.2 Å². The second kappa shape index (κ2) is 5.62. The molecule has 0 saturated carbocycles. The highest BCUT2D eigenvalue weighted by atomic mass is 16.5. The SMILES string of the molecule is CCCN1C=CN(c2ccccc2OCC)C1. The number of hydrogen-bond acceptors (Lipinski definition) is 3. The zero-order chi connectivity index (χ0) is 12.1. The molecule has 0 saturated heterocycles. The molecule has 0 N–H and O–H groups in total. The quantitative estimate of drug-likeness (QED) is 0.776. The first-order valence-electron chi connectivity index (χ1n) is 6.26. The van der Waals surface area contributed by atoms with Crippen LogP contribution in [-0.2, 0) is 0 Å². The molecule has 0 radical (unpaired) electrons. The normalized spacial score (nSPS) is 14.5. The lowest BCUT2D eigenvalue weighted by Crippen LogP contribution is -2.25. The van der Waals surface area contributed by atoms with E-state index in [1.807, 2.05) is 25.1 Å². The third-order valence-electron chi connectivity index (χ3n) is 2.78. The van der Waals surface area contributed by atoms with E-state index in [-0.39, 0.29) is 0 Å². The van der Waals surface area contributed by atoms with Crippen molar-refractivity contribution < 1.29 is 4.74 Å². The van der Waals surface area contributed by atoms with Gasteiger partial charge in [-0.1, -0.05) is 19.1 Å². The van der Waals surface area contributed by atoms with Crippen molar-refractivity contribution in [3.63, 3.8) is 0 Å². The maximum absolute atomic E-state index is 5.65. The van der Waals surface area contributed by atoms with Gasteiger partial charge in [0.05, 0.1) is 19.0 Å². The summed E-state index contributed by atoms with van der Waals surface area (Å²) >= 11 is 0. The summed E-state index contributed by atoms with van der Waals surface area (Å²) in [6, 6.07) is 8.19. The number of ether oxygens (including phenoxy) is 1. The van der Waals surface area contributed by atoms with Crippen molar-refractivity contribution in [3.8, 4) is 5.75 Å². The van der Waals surface area contributed by atoms with Gasteiger partial charge in [-0.2, -0.15) is 0 Å². The molecule has 2 rings (SSSR count). The minimum atomic E-state index is 0.702. The Morgan fingerprint density at radius 2 is 2.00 bits per heavy atom. The highest BCUT2D eigenvalue weighted by molar-refractivity contribution is 5.60. The van der Waals surface area contributed by atoms with Crippen LogP contribution in [0.15, 0.2) is 36.7 Å². The van der Waals surface area contributed by atoms with Gasteiger partial charge in [-0.25, -0.2) is 0 Å². The first-order valence-corrected chi connectivity index (χ1v) is 6.26. The summed E-state index contributed by atoms with van der Waals surface area (Å²) in [6.07, 6.45) is 5.44. The van der Waals surface area contributed by atoms with Gasteiger partial charge in [-0.3, -0.25) is 0 Å². The fourth-order valence-electron chi connectivity index (χ4n) is 2.03. The van der Waals surface area contributed by atoms with Gasteiger partial charge in [0.25, 0.3) is 0 Å². The molecule has 17 heavy (non-hydrogen) atoms. The topological polar surface area (TPSA) is 15.7 Å². The van der Waals surface area contributed by atoms with Crippen molar-refractivity contribution >= 4 is 5.69 Å². The van der Waals surface area contributed by atoms with Crippen LogP contribution in [0, 0.1) is 0 Å². The Morgan fingerprint density at radius 1 is 1.18 bits per heavy atom. The molecule has 92 valence electrons. The predicted molar refractivity (Wildman–Crippen MR) is 71.1 cm³/mol. The molecule has 0 bridgehead atoms. The molecular formula is C14H20N2O. The molecule has 0 atom stereocenters. The number of hydrogen-bond donors (Lipinski definition) is 0. The molecule has 1 aliphatic rings. The first kappa shape index (κ1) is 11.8. The van der Waals surface area contributed by atoms with Crippen LogP contribution >= 0.6 is 0 Å². The molecule has 0 aromatic heterocycles. The van der Waals surface area contributed by atoms with Gasteiger partial charge in [0.15, 0.2) is 0 Å². The van der Waals surface area contributed by atoms with Gasteiger partial charge in [-0.15, -0.1) is 0 Å². The van der Waals surface area contributed by atoms with E-state index < -0.39 is 0 Å². The molecule has 3 heteroatoms. The van der Waals surface area contributed by atoms with Crippen LogP contribution in [0.4, 0.5) is 5.69 Å². The zero-order valence-electron chi connectivity index (χ0n) is 10.6. The van der Waals surface area contributed by atoms with E-state index in [1.165, 1.54) is 6.42 Å². The standard InChI is InChI=1S/C14H20N2O/c1-3-9-15-10-11-16(12-15)13-7-5-6-8-14(13)17-4-2/h5-8,10-11H,3-4,9,12H2,1-2H3. The van der Waals surface area contributed by atoms with Crippen LogP contribution in [-0.4, -0.2) is 24.7 Å². The molecule has 1 heterocycles. The molecule has 0 spiro atoms. The fourth-order valence-corrected chi connectivity index (χ4v) is 2.03. The third-order valence-corrected chi connectivity index (χ3v) is 2.78. The summed E-state index contributed by atoms with van der Waals surface area (Å²) in [4.78, 5) is 4.53. The monoisotopic (exact) mass is 232 g/mol. The van der Waals surface area contributed by atoms with Gasteiger partial charge < -0.3 is 14.5 Å². The van der Waals surface area contributed by atoms with E-state index in [0.717, 1.165) is 24.7 Å². The van der Waals surface area contributed by atoms with Crippen LogP contribution in [0.5, 0.6) is 5.75 Å². The van der Waals surface area contributed by atoms with E-state index in [0.29, 0.717) is 6.61 Å². The van der Waals surface area contributed by atoms with Crippen LogP contribution in [0.1, 0.15) is 20.3 Å². The first-order chi connectivity index (χ1) is 8.35. The van der Waals surface area contributed by atoms with Crippen molar-refractivity contribution in [2.75, 3.05) is 24.7 Å². The molecular weight excluding hydrogens is 212 g/mol. The summed E-state index contributed by atoms with van der Waals surface area (Å²) in [7, 11) is 0. The predicted octanol–water partition coefficient (Wildman–Crippen LogP) is 3.05. The fraction of sp³-hybridized carbons (Fsp3) is 0.429. The summed E-state index contributed by atoms with van der Waals surface area (Å²) in [5.41, 5.74) is 1.14. The van der Waals surface area contributed by atoms with E-state index >= 15 is 0 Å². The number of para-hydroxylation sites is 2. The van der Waals surface area contributed by atoms with Crippen LogP contribution in [0.2, 0.25) is 0 Å².